The van der Waals surface area contributed by atoms with Crippen molar-refractivity contribution < 1.29 is 29.0 Å². The molecule has 0 radical (unpaired) electrons. The molecule has 1 spiro atoms. The van der Waals surface area contributed by atoms with Crippen LogP contribution in [0.25, 0.3) is 0 Å². The van der Waals surface area contributed by atoms with Gasteiger partial charge < -0.3 is 19.4 Å². The lowest BCUT2D eigenvalue weighted by Crippen LogP contribution is -2.64. The number of carbonyl (C=O) groups is 2. The summed E-state index contributed by atoms with van der Waals surface area (Å²) in [6, 6.07) is 0. The molecule has 0 aromatic carbocycles. The molecule has 7 heteroatoms. The molecule has 7 nitrogen and oxygen atoms in total. The number of cyclic esters (lactones) is 2. The third kappa shape index (κ3) is 2.06. The highest BCUT2D eigenvalue weighted by atomic mass is 16.6. The Morgan fingerprint density at radius 3 is 2.64 bits per heavy atom. The lowest BCUT2D eigenvalue weighted by Gasteiger charge is -2.61. The number of rotatable bonds is 0. The van der Waals surface area contributed by atoms with Gasteiger partial charge in [-0.3, -0.25) is 4.79 Å². The summed E-state index contributed by atoms with van der Waals surface area (Å²) in [7, 11) is 0. The van der Waals surface area contributed by atoms with E-state index in [0.29, 0.717) is 25.3 Å². The van der Waals surface area contributed by atoms with Gasteiger partial charge in [0.05, 0.1) is 30.4 Å². The molecule has 1 N–H and O–H groups in total. The highest BCUT2D eigenvalue weighted by Crippen LogP contribution is 2.69. The van der Waals surface area contributed by atoms with Crippen LogP contribution in [0.3, 0.4) is 0 Å². The smallest absolute Gasteiger partial charge is 0.330 e. The van der Waals surface area contributed by atoms with Crippen LogP contribution in [0.4, 0.5) is 0 Å². The van der Waals surface area contributed by atoms with E-state index in [1.165, 1.54) is 0 Å². The maximum Gasteiger partial charge on any atom is 0.330 e. The highest BCUT2D eigenvalue weighted by molar-refractivity contribution is 5.96. The fourth-order valence-electron chi connectivity index (χ4n) is 7.23. The van der Waals surface area contributed by atoms with Crippen LogP contribution in [0.15, 0.2) is 16.8 Å². The van der Waals surface area contributed by atoms with E-state index in [2.05, 4.69) is 25.9 Å². The molecular formula is C21H27NO6. The second kappa shape index (κ2) is 5.59. The molecule has 5 rings (SSSR count). The van der Waals surface area contributed by atoms with Crippen molar-refractivity contribution in [2.24, 2.45) is 33.7 Å². The summed E-state index contributed by atoms with van der Waals surface area (Å²) in [4.78, 5) is 24.2. The third-order valence-electron chi connectivity index (χ3n) is 8.38. The van der Waals surface area contributed by atoms with Crippen molar-refractivity contribution in [3.63, 3.8) is 0 Å². The quantitative estimate of drug-likeness (QED) is 0.389. The highest BCUT2D eigenvalue weighted by Gasteiger charge is 2.73. The summed E-state index contributed by atoms with van der Waals surface area (Å²) in [5.74, 6) is -0.263. The van der Waals surface area contributed by atoms with Crippen LogP contribution in [0.2, 0.25) is 0 Å². The predicted molar refractivity (Wildman–Crippen MR) is 97.7 cm³/mol. The summed E-state index contributed by atoms with van der Waals surface area (Å²) in [5, 5.41) is 13.8. The van der Waals surface area contributed by atoms with Crippen LogP contribution in [-0.4, -0.2) is 47.8 Å². The van der Waals surface area contributed by atoms with Crippen LogP contribution in [-0.2, 0) is 23.8 Å². The van der Waals surface area contributed by atoms with Crippen LogP contribution >= 0.6 is 0 Å². The first kappa shape index (κ1) is 18.2. The topological polar surface area (TPSA) is 94.4 Å². The first-order valence-corrected chi connectivity index (χ1v) is 10.2. The van der Waals surface area contributed by atoms with Crippen molar-refractivity contribution >= 4 is 17.7 Å². The molecule has 6 unspecified atom stereocenters. The first-order valence-electron chi connectivity index (χ1n) is 10.2. The van der Waals surface area contributed by atoms with Gasteiger partial charge in [0.1, 0.15) is 6.61 Å². The number of nitrogens with zero attached hydrogens (tertiary/aromatic N) is 1. The number of ether oxygens (including phenoxy) is 3. The Morgan fingerprint density at radius 2 is 1.89 bits per heavy atom. The zero-order chi connectivity index (χ0) is 19.9. The number of fused-ring (bicyclic) bond motifs is 3. The first-order chi connectivity index (χ1) is 13.2. The molecule has 5 aliphatic rings. The molecule has 152 valence electrons. The van der Waals surface area contributed by atoms with Crippen molar-refractivity contribution in [1.82, 2.24) is 0 Å². The van der Waals surface area contributed by atoms with Crippen molar-refractivity contribution in [2.45, 2.75) is 58.2 Å². The van der Waals surface area contributed by atoms with Gasteiger partial charge in [-0.05, 0) is 44.6 Å². The number of hydrogen-bond donors (Lipinski definition) is 1. The molecule has 0 aromatic rings. The maximum atomic E-state index is 12.1. The molecule has 3 heterocycles. The molecule has 0 amide bonds. The van der Waals surface area contributed by atoms with Gasteiger partial charge in [0.25, 0.3) is 0 Å². The summed E-state index contributed by atoms with van der Waals surface area (Å²) < 4.78 is 17.4. The Kier molecular flexibility index (Phi) is 3.62. The van der Waals surface area contributed by atoms with Gasteiger partial charge in [0, 0.05) is 28.7 Å². The number of oxime groups is 1. The van der Waals surface area contributed by atoms with Crippen LogP contribution in [0, 0.1) is 28.6 Å². The minimum absolute atomic E-state index is 0.0675. The third-order valence-corrected chi connectivity index (χ3v) is 8.38. The summed E-state index contributed by atoms with van der Waals surface area (Å²) >= 11 is 0. The van der Waals surface area contributed by atoms with Crippen molar-refractivity contribution in [3.05, 3.63) is 11.6 Å². The standard InChI is InChI=1S/C21H27NO6/c1-19(2)14-7-15(22-25)20(3)12-6-17(23)26-9-11(12)4-5-13(20)21(14)10-27-18(24)8-16(21)28-19/h6,11,13-14,16,25H,4-5,7-10H2,1-3H3/b22-15-. The Morgan fingerprint density at radius 1 is 1.11 bits per heavy atom. The van der Waals surface area contributed by atoms with Crippen LogP contribution in [0.5, 0.6) is 0 Å². The van der Waals surface area contributed by atoms with Gasteiger partial charge >= 0.3 is 11.9 Å². The number of esters is 2. The molecule has 2 saturated heterocycles. The zero-order valence-electron chi connectivity index (χ0n) is 16.6. The van der Waals surface area contributed by atoms with Gasteiger partial charge in [-0.15, -0.1) is 0 Å². The second-order valence-electron chi connectivity index (χ2n) is 9.75. The molecule has 3 aliphatic heterocycles. The number of hydrogen-bond acceptors (Lipinski definition) is 7. The zero-order valence-corrected chi connectivity index (χ0v) is 16.6. The van der Waals surface area contributed by atoms with E-state index in [1.807, 2.05) is 0 Å². The normalized spacial score (nSPS) is 47.8. The average Bonchev–Trinajstić information content (AvgIpc) is 2.87. The molecule has 2 aliphatic carbocycles. The van der Waals surface area contributed by atoms with E-state index < -0.39 is 11.0 Å². The summed E-state index contributed by atoms with van der Waals surface area (Å²) in [5.41, 5.74) is 0.341. The Hall–Kier alpha value is -1.89. The second-order valence-corrected chi connectivity index (χ2v) is 9.75. The lowest BCUT2D eigenvalue weighted by atomic mass is 9.42. The van der Waals surface area contributed by atoms with Crippen LogP contribution < -0.4 is 0 Å². The van der Waals surface area contributed by atoms with E-state index in [1.54, 1.807) is 6.08 Å². The fraction of sp³-hybridized carbons (Fsp3) is 0.762. The molecule has 2 saturated carbocycles. The molecule has 4 fully saturated rings. The minimum Gasteiger partial charge on any atom is -0.465 e. The Bertz CT molecular complexity index is 816. The maximum absolute atomic E-state index is 12.1. The summed E-state index contributed by atoms with van der Waals surface area (Å²) in [6.45, 7) is 6.91. The van der Waals surface area contributed by atoms with Crippen LogP contribution in [0.1, 0.15) is 46.5 Å². The molecular weight excluding hydrogens is 362 g/mol. The fourth-order valence-corrected chi connectivity index (χ4v) is 7.23. The molecule has 6 atom stereocenters. The van der Waals surface area contributed by atoms with Gasteiger partial charge in [-0.2, -0.15) is 0 Å². The Balaban J connectivity index is 1.70. The lowest BCUT2D eigenvalue weighted by molar-refractivity contribution is -0.177. The minimum atomic E-state index is -0.570. The van der Waals surface area contributed by atoms with Crippen molar-refractivity contribution in [2.75, 3.05) is 13.2 Å². The monoisotopic (exact) mass is 389 g/mol. The molecule has 0 aromatic heterocycles. The van der Waals surface area contributed by atoms with Crippen molar-refractivity contribution in [3.8, 4) is 0 Å². The Labute approximate surface area is 164 Å². The van der Waals surface area contributed by atoms with E-state index in [9.17, 15) is 14.8 Å². The SMILES string of the molecule is CC1(C)OC2CC(=O)OCC23C1C/C(=N/O)C1(C)C2=CC(=O)OCC2CCC13. The van der Waals surface area contributed by atoms with Gasteiger partial charge in [-0.25, -0.2) is 4.79 Å². The van der Waals surface area contributed by atoms with E-state index in [0.717, 1.165) is 18.4 Å². The van der Waals surface area contributed by atoms with E-state index in [-0.39, 0.29) is 47.6 Å². The summed E-state index contributed by atoms with van der Waals surface area (Å²) in [6.07, 6.45) is 3.98. The number of carbonyl (C=O) groups excluding carboxylic acids is 2. The average molecular weight is 389 g/mol. The predicted octanol–water partition coefficient (Wildman–Crippen LogP) is 2.46. The molecule has 28 heavy (non-hydrogen) atoms. The van der Waals surface area contributed by atoms with Gasteiger partial charge in [0.15, 0.2) is 0 Å². The molecule has 0 bridgehead atoms. The van der Waals surface area contributed by atoms with Crippen molar-refractivity contribution in [1.29, 1.82) is 0 Å². The van der Waals surface area contributed by atoms with Gasteiger partial charge in [-0.1, -0.05) is 12.1 Å². The van der Waals surface area contributed by atoms with Gasteiger partial charge in [0.2, 0.25) is 0 Å². The van der Waals surface area contributed by atoms with E-state index >= 15 is 0 Å². The van der Waals surface area contributed by atoms with E-state index in [4.69, 9.17) is 14.2 Å². The largest absolute Gasteiger partial charge is 0.465 e.